The van der Waals surface area contributed by atoms with Gasteiger partial charge in [0.15, 0.2) is 17.3 Å². The number of rotatable bonds is 9. The van der Waals surface area contributed by atoms with E-state index < -0.39 is 16.5 Å². The second kappa shape index (κ2) is 11.6. The van der Waals surface area contributed by atoms with Gasteiger partial charge < -0.3 is 28.5 Å². The van der Waals surface area contributed by atoms with Crippen molar-refractivity contribution in [1.82, 2.24) is 10.1 Å². The van der Waals surface area contributed by atoms with Gasteiger partial charge in [0.1, 0.15) is 23.4 Å². The van der Waals surface area contributed by atoms with E-state index in [2.05, 4.69) is 15.4 Å². The number of nitro groups is 1. The third-order valence-electron chi connectivity index (χ3n) is 6.47. The topological polar surface area (TPSA) is 159 Å². The highest BCUT2D eigenvalue weighted by atomic mass is 16.6. The van der Waals surface area contributed by atoms with Crippen molar-refractivity contribution in [3.8, 4) is 22.8 Å². The van der Waals surface area contributed by atoms with Crippen molar-refractivity contribution < 1.29 is 32.9 Å². The normalized spacial score (nSPS) is 13.8. The lowest BCUT2D eigenvalue weighted by Crippen LogP contribution is -2.38. The minimum atomic E-state index is -0.767. The summed E-state index contributed by atoms with van der Waals surface area (Å²) in [6.45, 7) is 5.76. The number of non-ortho nitro benzene ring substituents is 1. The molecule has 1 aliphatic rings. The number of nitrogens with one attached hydrogen (secondary N) is 1. The Kier molecular flexibility index (Phi) is 7.75. The number of morpholine rings is 1. The van der Waals surface area contributed by atoms with Crippen LogP contribution in [0.5, 0.6) is 11.5 Å². The summed E-state index contributed by atoms with van der Waals surface area (Å²) in [5.74, 6) is 0.316. The third kappa shape index (κ3) is 5.65. The van der Waals surface area contributed by atoms with Gasteiger partial charge in [-0.2, -0.15) is 0 Å². The molecule has 0 atom stereocenters. The molecule has 0 saturated carbocycles. The lowest BCUT2D eigenvalue weighted by atomic mass is 10.1. The van der Waals surface area contributed by atoms with E-state index in [4.69, 9.17) is 23.2 Å². The third-order valence-corrected chi connectivity index (χ3v) is 6.47. The van der Waals surface area contributed by atoms with E-state index >= 15 is 0 Å². The highest BCUT2D eigenvalue weighted by molar-refractivity contribution is 6.09. The lowest BCUT2D eigenvalue weighted by molar-refractivity contribution is -0.384. The van der Waals surface area contributed by atoms with Crippen molar-refractivity contribution in [3.05, 3.63) is 74.3 Å². The van der Waals surface area contributed by atoms with Crippen molar-refractivity contribution in [2.24, 2.45) is 0 Å². The molecule has 0 unspecified atom stereocenters. The summed E-state index contributed by atoms with van der Waals surface area (Å²) in [6, 6.07) is 10.2. The van der Waals surface area contributed by atoms with Gasteiger partial charge in [0.25, 0.3) is 11.6 Å². The fraction of sp³-hybridized carbons (Fsp3) is 0.296. The van der Waals surface area contributed by atoms with Gasteiger partial charge >= 0.3 is 5.63 Å². The van der Waals surface area contributed by atoms with Gasteiger partial charge in [0.05, 0.1) is 30.9 Å². The minimum Gasteiger partial charge on any atom is -0.493 e. The summed E-state index contributed by atoms with van der Waals surface area (Å²) in [6.07, 6.45) is 0. The van der Waals surface area contributed by atoms with Crippen molar-refractivity contribution in [2.75, 3.05) is 51.9 Å². The molecule has 0 aliphatic carbocycles. The predicted molar refractivity (Wildman–Crippen MR) is 143 cm³/mol. The Morgan fingerprint density at radius 2 is 1.90 bits per heavy atom. The van der Waals surface area contributed by atoms with E-state index in [1.807, 2.05) is 0 Å². The standard InChI is InChI=1S/C27H26N4O9/c1-16-24(25(40-29-16)17-3-5-19(6-4-17)31(34)35)26(32)28-20-13-18-14-22(36-2)23(15-21(18)39-27(20)33)38-12-9-30-7-10-37-11-8-30/h3-6,13-15H,7-12H2,1-2H3,(H,28,32). The van der Waals surface area contributed by atoms with E-state index in [0.717, 1.165) is 13.1 Å². The smallest absolute Gasteiger partial charge is 0.360 e. The zero-order valence-electron chi connectivity index (χ0n) is 21.8. The highest BCUT2D eigenvalue weighted by Gasteiger charge is 2.24. The van der Waals surface area contributed by atoms with Crippen LogP contribution < -0.4 is 20.4 Å². The molecule has 0 radical (unpaired) electrons. The zero-order chi connectivity index (χ0) is 28.2. The van der Waals surface area contributed by atoms with Crippen molar-refractivity contribution in [1.29, 1.82) is 0 Å². The molecule has 1 N–H and O–H groups in total. The molecule has 1 aliphatic heterocycles. The number of carbonyl (C=O) groups is 1. The van der Waals surface area contributed by atoms with E-state index in [-0.39, 0.29) is 34.0 Å². The predicted octanol–water partition coefficient (Wildman–Crippen LogP) is 3.64. The molecule has 40 heavy (non-hydrogen) atoms. The summed E-state index contributed by atoms with van der Waals surface area (Å²) in [7, 11) is 1.51. The van der Waals surface area contributed by atoms with Crippen molar-refractivity contribution >= 4 is 28.3 Å². The Balaban J connectivity index is 1.36. The first-order valence-corrected chi connectivity index (χ1v) is 12.5. The van der Waals surface area contributed by atoms with Crippen LogP contribution in [0.3, 0.4) is 0 Å². The maximum Gasteiger partial charge on any atom is 0.360 e. The average molecular weight is 551 g/mol. The number of fused-ring (bicyclic) bond motifs is 1. The van der Waals surface area contributed by atoms with Gasteiger partial charge in [-0.25, -0.2) is 4.79 Å². The number of methoxy groups -OCH3 is 1. The molecular formula is C27H26N4O9. The van der Waals surface area contributed by atoms with Gasteiger partial charge in [-0.1, -0.05) is 5.16 Å². The van der Waals surface area contributed by atoms with Crippen LogP contribution >= 0.6 is 0 Å². The Bertz CT molecular complexity index is 1610. The first-order valence-electron chi connectivity index (χ1n) is 12.5. The molecule has 13 nitrogen and oxygen atoms in total. The van der Waals surface area contributed by atoms with Crippen LogP contribution in [0.4, 0.5) is 11.4 Å². The van der Waals surface area contributed by atoms with Crippen LogP contribution in [0.15, 0.2) is 56.2 Å². The van der Waals surface area contributed by atoms with Gasteiger partial charge in [-0.3, -0.25) is 19.8 Å². The van der Waals surface area contributed by atoms with E-state index in [0.29, 0.717) is 48.8 Å². The number of aromatic nitrogens is 1. The Labute approximate surface area is 227 Å². The molecule has 208 valence electrons. The van der Waals surface area contributed by atoms with E-state index in [1.165, 1.54) is 37.4 Å². The Hall–Kier alpha value is -4.75. The summed E-state index contributed by atoms with van der Waals surface area (Å²) in [4.78, 5) is 38.7. The zero-order valence-corrected chi connectivity index (χ0v) is 21.8. The van der Waals surface area contributed by atoms with Crippen LogP contribution in [0.2, 0.25) is 0 Å². The molecule has 13 heteroatoms. The first kappa shape index (κ1) is 26.8. The van der Waals surface area contributed by atoms with E-state index in [1.54, 1.807) is 19.1 Å². The quantitative estimate of drug-likeness (QED) is 0.184. The summed E-state index contributed by atoms with van der Waals surface area (Å²) in [5, 5.41) is 17.9. The van der Waals surface area contributed by atoms with Gasteiger partial charge in [0.2, 0.25) is 0 Å². The van der Waals surface area contributed by atoms with Crippen molar-refractivity contribution in [3.63, 3.8) is 0 Å². The molecule has 0 bridgehead atoms. The summed E-state index contributed by atoms with van der Waals surface area (Å²) < 4.78 is 27.6. The number of hydrogen-bond acceptors (Lipinski definition) is 11. The summed E-state index contributed by atoms with van der Waals surface area (Å²) >= 11 is 0. The molecule has 1 amide bonds. The average Bonchev–Trinajstić information content (AvgIpc) is 3.35. The fourth-order valence-corrected chi connectivity index (χ4v) is 4.35. The molecule has 1 saturated heterocycles. The van der Waals surface area contributed by atoms with Crippen molar-refractivity contribution in [2.45, 2.75) is 6.92 Å². The number of aryl methyl sites for hydroxylation is 1. The number of amides is 1. The second-order valence-corrected chi connectivity index (χ2v) is 9.02. The molecule has 1 fully saturated rings. The number of nitrogens with zero attached hydrogens (tertiary/aromatic N) is 3. The summed E-state index contributed by atoms with van der Waals surface area (Å²) in [5.41, 5.74) is 0.0464. The molecule has 2 aromatic heterocycles. The number of anilines is 1. The second-order valence-electron chi connectivity index (χ2n) is 9.02. The van der Waals surface area contributed by atoms with E-state index in [9.17, 15) is 19.7 Å². The van der Waals surface area contributed by atoms with Crippen LogP contribution in [0.25, 0.3) is 22.3 Å². The number of hydrogen-bond donors (Lipinski definition) is 1. The van der Waals surface area contributed by atoms with Crippen LogP contribution in [0, 0.1) is 17.0 Å². The molecule has 3 heterocycles. The maximum absolute atomic E-state index is 13.2. The number of nitro benzene ring substituents is 1. The van der Waals surface area contributed by atoms with Crippen LogP contribution in [0.1, 0.15) is 16.1 Å². The minimum absolute atomic E-state index is 0.0787. The highest BCUT2D eigenvalue weighted by Crippen LogP contribution is 2.33. The fourth-order valence-electron chi connectivity index (χ4n) is 4.35. The van der Waals surface area contributed by atoms with Gasteiger partial charge in [-0.15, -0.1) is 0 Å². The van der Waals surface area contributed by atoms with Gasteiger partial charge in [-0.05, 0) is 31.2 Å². The monoisotopic (exact) mass is 550 g/mol. The largest absolute Gasteiger partial charge is 0.493 e. The molecule has 0 spiro atoms. The molecule has 5 rings (SSSR count). The number of carbonyl (C=O) groups excluding carboxylic acids is 1. The van der Waals surface area contributed by atoms with Gasteiger partial charge in [0, 0.05) is 48.8 Å². The number of ether oxygens (including phenoxy) is 3. The molecular weight excluding hydrogens is 524 g/mol. The lowest BCUT2D eigenvalue weighted by Gasteiger charge is -2.26. The van der Waals surface area contributed by atoms with Crippen LogP contribution in [-0.4, -0.2) is 67.5 Å². The maximum atomic E-state index is 13.2. The molecule has 2 aromatic carbocycles. The number of benzene rings is 2. The Morgan fingerprint density at radius 3 is 2.60 bits per heavy atom. The first-order chi connectivity index (χ1) is 19.3. The van der Waals surface area contributed by atoms with Crippen LogP contribution in [-0.2, 0) is 4.74 Å². The molecule has 4 aromatic rings. The SMILES string of the molecule is COc1cc2cc(NC(=O)c3c(C)noc3-c3ccc([N+](=O)[O-])cc3)c(=O)oc2cc1OCCN1CCOCC1. The Morgan fingerprint density at radius 1 is 1.15 bits per heavy atom.